The van der Waals surface area contributed by atoms with E-state index in [2.05, 4.69) is 37.4 Å². The molecular weight excluding hydrogens is 481 g/mol. The molecule has 2 aromatic carbocycles. The zero-order valence-corrected chi connectivity index (χ0v) is 21.1. The van der Waals surface area contributed by atoms with Crippen LogP contribution in [0, 0.1) is 0 Å². The highest BCUT2D eigenvalue weighted by atomic mass is 19.4. The maximum atomic E-state index is 13.8. The van der Waals surface area contributed by atoms with E-state index >= 15 is 0 Å². The standard InChI is InChI=1S/C27H31F3N6O/c1-17-20-7-5-4-6-18(20)14-23(17)32-25-21(27(28,29)30)16-31-26(34-25)33-22-9-8-19(15-24(22)37-3)36-12-10-35(2)11-13-36/h4-9,15-17,23H,10-14H2,1-3H3,(H2,31,32,33,34)/t17-,23-/m1/s1. The first-order chi connectivity index (χ1) is 17.7. The first-order valence-corrected chi connectivity index (χ1v) is 12.4. The molecule has 2 N–H and O–H groups in total. The van der Waals surface area contributed by atoms with E-state index in [0.29, 0.717) is 17.9 Å². The van der Waals surface area contributed by atoms with Crippen LogP contribution in [0.3, 0.4) is 0 Å². The lowest BCUT2D eigenvalue weighted by Gasteiger charge is -2.34. The molecule has 3 aromatic rings. The number of piperazine rings is 1. The van der Waals surface area contributed by atoms with Crippen molar-refractivity contribution in [1.29, 1.82) is 0 Å². The van der Waals surface area contributed by atoms with Gasteiger partial charge in [-0.25, -0.2) is 4.98 Å². The van der Waals surface area contributed by atoms with Gasteiger partial charge in [-0.1, -0.05) is 31.2 Å². The van der Waals surface area contributed by atoms with Crippen molar-refractivity contribution >= 4 is 23.1 Å². The van der Waals surface area contributed by atoms with Gasteiger partial charge in [0, 0.05) is 56.1 Å². The van der Waals surface area contributed by atoms with Crippen LogP contribution in [-0.2, 0) is 12.6 Å². The quantitative estimate of drug-likeness (QED) is 0.474. The van der Waals surface area contributed by atoms with Gasteiger partial charge in [-0.2, -0.15) is 18.2 Å². The number of nitrogens with zero attached hydrogens (tertiary/aromatic N) is 4. The van der Waals surface area contributed by atoms with Crippen molar-refractivity contribution in [2.24, 2.45) is 0 Å². The molecule has 1 fully saturated rings. The first kappa shape index (κ1) is 25.1. The minimum Gasteiger partial charge on any atom is -0.494 e. The SMILES string of the molecule is COc1cc(N2CCN(C)CC2)ccc1Nc1ncc(C(F)(F)F)c(N[C@@H]2Cc3ccccc3[C@H]2C)n1. The average Bonchev–Trinajstić information content (AvgIpc) is 3.19. The summed E-state index contributed by atoms with van der Waals surface area (Å²) in [6.45, 7) is 5.79. The van der Waals surface area contributed by atoms with E-state index in [0.717, 1.165) is 49.2 Å². The summed E-state index contributed by atoms with van der Waals surface area (Å²) >= 11 is 0. The Balaban J connectivity index is 1.39. The van der Waals surface area contributed by atoms with Gasteiger partial charge >= 0.3 is 6.18 Å². The predicted molar refractivity (Wildman–Crippen MR) is 139 cm³/mol. The fraction of sp³-hybridized carbons (Fsp3) is 0.407. The van der Waals surface area contributed by atoms with Gasteiger partial charge in [-0.15, -0.1) is 0 Å². The maximum Gasteiger partial charge on any atom is 0.421 e. The van der Waals surface area contributed by atoms with Crippen LogP contribution in [0.2, 0.25) is 0 Å². The summed E-state index contributed by atoms with van der Waals surface area (Å²) in [6, 6.07) is 13.5. The number of halogens is 3. The largest absolute Gasteiger partial charge is 0.494 e. The van der Waals surface area contributed by atoms with Gasteiger partial charge in [0.1, 0.15) is 17.1 Å². The van der Waals surface area contributed by atoms with Gasteiger partial charge in [-0.3, -0.25) is 0 Å². The molecule has 0 radical (unpaired) electrons. The Bertz CT molecular complexity index is 1260. The fourth-order valence-electron chi connectivity index (χ4n) is 5.07. The van der Waals surface area contributed by atoms with E-state index in [1.165, 1.54) is 0 Å². The number of nitrogens with one attached hydrogen (secondary N) is 2. The number of hydrogen-bond acceptors (Lipinski definition) is 7. The van der Waals surface area contributed by atoms with Crippen molar-refractivity contribution < 1.29 is 17.9 Å². The molecule has 2 atom stereocenters. The molecule has 1 aliphatic heterocycles. The summed E-state index contributed by atoms with van der Waals surface area (Å²) in [7, 11) is 3.67. The molecule has 0 spiro atoms. The van der Waals surface area contributed by atoms with E-state index in [4.69, 9.17) is 4.74 Å². The second kappa shape index (κ2) is 10.1. The summed E-state index contributed by atoms with van der Waals surface area (Å²) in [5.74, 6) is 0.437. The highest BCUT2D eigenvalue weighted by Gasteiger charge is 2.37. The van der Waals surface area contributed by atoms with E-state index in [9.17, 15) is 13.2 Å². The van der Waals surface area contributed by atoms with Gasteiger partial charge in [0.05, 0.1) is 12.8 Å². The molecule has 10 heteroatoms. The Kier molecular flexibility index (Phi) is 6.85. The maximum absolute atomic E-state index is 13.8. The molecule has 2 heterocycles. The van der Waals surface area contributed by atoms with Crippen LogP contribution in [0.4, 0.5) is 36.3 Å². The van der Waals surface area contributed by atoms with Gasteiger partial charge in [-0.05, 0) is 36.7 Å². The molecule has 0 saturated carbocycles. The molecule has 2 aliphatic rings. The molecule has 196 valence electrons. The molecule has 37 heavy (non-hydrogen) atoms. The summed E-state index contributed by atoms with van der Waals surface area (Å²) in [4.78, 5) is 12.8. The third kappa shape index (κ3) is 5.29. The van der Waals surface area contributed by atoms with Crippen molar-refractivity contribution in [3.05, 3.63) is 65.4 Å². The third-order valence-corrected chi connectivity index (χ3v) is 7.31. The number of aromatic nitrogens is 2. The minimum absolute atomic E-state index is 0.0471. The Morgan fingerprint density at radius 3 is 2.51 bits per heavy atom. The number of alkyl halides is 3. The Hall–Kier alpha value is -3.53. The Morgan fingerprint density at radius 2 is 1.81 bits per heavy atom. The highest BCUT2D eigenvalue weighted by Crippen LogP contribution is 2.39. The van der Waals surface area contributed by atoms with E-state index in [-0.39, 0.29) is 23.7 Å². The van der Waals surface area contributed by atoms with Gasteiger partial charge in [0.2, 0.25) is 5.95 Å². The molecule has 0 amide bonds. The van der Waals surface area contributed by atoms with Crippen molar-refractivity contribution in [1.82, 2.24) is 14.9 Å². The van der Waals surface area contributed by atoms with Gasteiger partial charge in [0.15, 0.2) is 0 Å². The fourth-order valence-corrected chi connectivity index (χ4v) is 5.07. The van der Waals surface area contributed by atoms with Crippen LogP contribution >= 0.6 is 0 Å². The van der Waals surface area contributed by atoms with Gasteiger partial charge in [0.25, 0.3) is 0 Å². The lowest BCUT2D eigenvalue weighted by atomic mass is 10.0. The van der Waals surface area contributed by atoms with Crippen LogP contribution < -0.4 is 20.3 Å². The van der Waals surface area contributed by atoms with E-state index < -0.39 is 11.7 Å². The molecule has 0 bridgehead atoms. The van der Waals surface area contributed by atoms with Crippen LogP contribution in [-0.4, -0.2) is 61.2 Å². The number of benzene rings is 2. The second-order valence-corrected chi connectivity index (χ2v) is 9.70. The van der Waals surface area contributed by atoms with Crippen LogP contribution in [0.1, 0.15) is 29.5 Å². The lowest BCUT2D eigenvalue weighted by Crippen LogP contribution is -2.44. The Morgan fingerprint density at radius 1 is 1.05 bits per heavy atom. The summed E-state index contributed by atoms with van der Waals surface area (Å²) < 4.78 is 47.1. The molecular formula is C27H31F3N6O. The molecule has 5 rings (SSSR count). The van der Waals surface area contributed by atoms with Crippen molar-refractivity contribution in [2.45, 2.75) is 31.5 Å². The number of methoxy groups -OCH3 is 1. The smallest absolute Gasteiger partial charge is 0.421 e. The number of anilines is 4. The lowest BCUT2D eigenvalue weighted by molar-refractivity contribution is -0.137. The molecule has 7 nitrogen and oxygen atoms in total. The highest BCUT2D eigenvalue weighted by molar-refractivity contribution is 5.69. The minimum atomic E-state index is -4.59. The first-order valence-electron chi connectivity index (χ1n) is 12.4. The number of fused-ring (bicyclic) bond motifs is 1. The van der Waals surface area contributed by atoms with Crippen molar-refractivity contribution in [3.63, 3.8) is 0 Å². The van der Waals surface area contributed by atoms with Crippen molar-refractivity contribution in [3.8, 4) is 5.75 Å². The topological polar surface area (TPSA) is 65.6 Å². The average molecular weight is 513 g/mol. The molecule has 1 aliphatic carbocycles. The second-order valence-electron chi connectivity index (χ2n) is 9.70. The van der Waals surface area contributed by atoms with Crippen LogP contribution in [0.5, 0.6) is 5.75 Å². The Labute approximate surface area is 214 Å². The van der Waals surface area contributed by atoms with Crippen LogP contribution in [0.15, 0.2) is 48.7 Å². The van der Waals surface area contributed by atoms with Crippen LogP contribution in [0.25, 0.3) is 0 Å². The van der Waals surface area contributed by atoms with E-state index in [1.54, 1.807) is 7.11 Å². The zero-order chi connectivity index (χ0) is 26.2. The normalized spacial score (nSPS) is 20.0. The number of ether oxygens (including phenoxy) is 1. The molecule has 0 unspecified atom stereocenters. The number of likely N-dealkylation sites (N-methyl/N-ethyl adjacent to an activating group) is 1. The zero-order valence-electron chi connectivity index (χ0n) is 21.1. The predicted octanol–water partition coefficient (Wildman–Crippen LogP) is 5.14. The number of rotatable bonds is 6. The summed E-state index contributed by atoms with van der Waals surface area (Å²) in [6.07, 6.45) is -3.13. The third-order valence-electron chi connectivity index (χ3n) is 7.31. The summed E-state index contributed by atoms with van der Waals surface area (Å²) in [5, 5.41) is 6.12. The van der Waals surface area contributed by atoms with E-state index in [1.807, 2.05) is 49.4 Å². The molecule has 1 saturated heterocycles. The summed E-state index contributed by atoms with van der Waals surface area (Å²) in [5.41, 5.74) is 3.00. The van der Waals surface area contributed by atoms with Crippen molar-refractivity contribution in [2.75, 3.05) is 55.9 Å². The monoisotopic (exact) mass is 512 g/mol. The van der Waals surface area contributed by atoms with Gasteiger partial charge < -0.3 is 25.2 Å². The number of hydrogen-bond donors (Lipinski definition) is 2. The molecule has 1 aromatic heterocycles.